The van der Waals surface area contributed by atoms with Gasteiger partial charge in [0.05, 0.1) is 5.69 Å². The third-order valence-electron chi connectivity index (χ3n) is 6.17. The molecule has 192 valence electrons. The number of hydrogen-bond donors (Lipinski definition) is 4. The van der Waals surface area contributed by atoms with Gasteiger partial charge in [-0.05, 0) is 53.6 Å². The highest BCUT2D eigenvalue weighted by Gasteiger charge is 2.16. The molecule has 4 N–H and O–H groups in total. The molecule has 3 amide bonds. The van der Waals surface area contributed by atoms with Gasteiger partial charge in [0.15, 0.2) is 0 Å². The Morgan fingerprint density at radius 1 is 0.737 bits per heavy atom. The molecular formula is C29H29N7O2. The number of urea groups is 1. The van der Waals surface area contributed by atoms with Gasteiger partial charge in [0, 0.05) is 61.9 Å². The highest BCUT2D eigenvalue weighted by Crippen LogP contribution is 2.25. The molecule has 4 aromatic rings. The fourth-order valence-electron chi connectivity index (χ4n) is 4.20. The molecular weight excluding hydrogens is 478 g/mol. The molecule has 0 spiro atoms. The second kappa shape index (κ2) is 11.5. The summed E-state index contributed by atoms with van der Waals surface area (Å²) in [6.45, 7) is 4.56. The highest BCUT2D eigenvalue weighted by molar-refractivity contribution is 5.90. The fraction of sp³-hybridized carbons (Fsp3) is 0.172. The van der Waals surface area contributed by atoms with E-state index in [1.807, 2.05) is 83.8 Å². The maximum atomic E-state index is 12.4. The average Bonchev–Trinajstić information content (AvgIpc) is 2.95. The molecule has 1 aliphatic heterocycles. The Morgan fingerprint density at radius 3 is 1.89 bits per heavy atom. The number of carbonyl (C=O) groups is 2. The van der Waals surface area contributed by atoms with Crippen molar-refractivity contribution in [1.82, 2.24) is 20.2 Å². The Hall–Kier alpha value is -4.76. The SMILES string of the molecule is CC(=O)Nc1ccc(-c2ccnc(Nc3ccc(-c4ccc(NC(=O)N5CCNCC5)cc4)cc3)n2)cc1. The number of benzene rings is 3. The van der Waals surface area contributed by atoms with Crippen LogP contribution >= 0.6 is 0 Å². The summed E-state index contributed by atoms with van der Waals surface area (Å²) in [5.74, 6) is 0.384. The van der Waals surface area contributed by atoms with Crippen LogP contribution in [0.25, 0.3) is 22.4 Å². The second-order valence-corrected chi connectivity index (χ2v) is 8.97. The number of anilines is 4. The third-order valence-corrected chi connectivity index (χ3v) is 6.17. The first-order valence-corrected chi connectivity index (χ1v) is 12.5. The summed E-state index contributed by atoms with van der Waals surface area (Å²) in [5.41, 5.74) is 6.19. The zero-order valence-electron chi connectivity index (χ0n) is 21.1. The van der Waals surface area contributed by atoms with Crippen molar-refractivity contribution in [3.63, 3.8) is 0 Å². The molecule has 9 nitrogen and oxygen atoms in total. The van der Waals surface area contributed by atoms with Crippen LogP contribution in [-0.4, -0.2) is 53.0 Å². The van der Waals surface area contributed by atoms with E-state index in [2.05, 4.69) is 31.2 Å². The van der Waals surface area contributed by atoms with E-state index in [1.54, 1.807) is 6.20 Å². The second-order valence-electron chi connectivity index (χ2n) is 8.97. The topological polar surface area (TPSA) is 111 Å². The number of nitrogens with zero attached hydrogens (tertiary/aromatic N) is 3. The Balaban J connectivity index is 1.21. The number of piperazine rings is 1. The van der Waals surface area contributed by atoms with Gasteiger partial charge < -0.3 is 26.2 Å². The van der Waals surface area contributed by atoms with Crippen molar-refractivity contribution in [2.75, 3.05) is 42.1 Å². The number of carbonyl (C=O) groups excluding carboxylic acids is 2. The van der Waals surface area contributed by atoms with Crippen LogP contribution < -0.4 is 21.3 Å². The first-order chi connectivity index (χ1) is 18.5. The van der Waals surface area contributed by atoms with E-state index in [0.29, 0.717) is 19.0 Å². The summed E-state index contributed by atoms with van der Waals surface area (Å²) in [7, 11) is 0. The number of rotatable bonds is 6. The minimum Gasteiger partial charge on any atom is -0.326 e. The predicted molar refractivity (Wildman–Crippen MR) is 150 cm³/mol. The van der Waals surface area contributed by atoms with Crippen LogP contribution in [0.2, 0.25) is 0 Å². The average molecular weight is 508 g/mol. The third kappa shape index (κ3) is 6.32. The lowest BCUT2D eigenvalue weighted by molar-refractivity contribution is -0.114. The van der Waals surface area contributed by atoms with Gasteiger partial charge in [0.2, 0.25) is 11.9 Å². The van der Waals surface area contributed by atoms with Crippen molar-refractivity contribution >= 4 is 34.9 Å². The fourth-order valence-corrected chi connectivity index (χ4v) is 4.20. The van der Waals surface area contributed by atoms with E-state index in [0.717, 1.165) is 52.5 Å². The van der Waals surface area contributed by atoms with Crippen LogP contribution in [0.3, 0.4) is 0 Å². The van der Waals surface area contributed by atoms with Crippen molar-refractivity contribution in [1.29, 1.82) is 0 Å². The molecule has 2 heterocycles. The van der Waals surface area contributed by atoms with Gasteiger partial charge in [-0.3, -0.25) is 4.79 Å². The zero-order chi connectivity index (χ0) is 26.3. The van der Waals surface area contributed by atoms with Crippen LogP contribution in [0.4, 0.5) is 27.8 Å². The van der Waals surface area contributed by atoms with E-state index < -0.39 is 0 Å². The number of nitrogens with one attached hydrogen (secondary N) is 4. The van der Waals surface area contributed by atoms with Gasteiger partial charge >= 0.3 is 6.03 Å². The lowest BCUT2D eigenvalue weighted by Gasteiger charge is -2.27. The van der Waals surface area contributed by atoms with E-state index in [-0.39, 0.29) is 11.9 Å². The molecule has 0 unspecified atom stereocenters. The van der Waals surface area contributed by atoms with Crippen LogP contribution in [0, 0.1) is 0 Å². The van der Waals surface area contributed by atoms with Gasteiger partial charge in [-0.1, -0.05) is 36.4 Å². The lowest BCUT2D eigenvalue weighted by atomic mass is 10.1. The maximum Gasteiger partial charge on any atom is 0.321 e. The Labute approximate surface area is 221 Å². The summed E-state index contributed by atoms with van der Waals surface area (Å²) in [5, 5.41) is 12.2. The van der Waals surface area contributed by atoms with E-state index in [9.17, 15) is 9.59 Å². The molecule has 0 atom stereocenters. The molecule has 3 aromatic carbocycles. The molecule has 1 saturated heterocycles. The molecule has 9 heteroatoms. The monoisotopic (exact) mass is 507 g/mol. The molecule has 0 saturated carbocycles. The Bertz CT molecular complexity index is 1400. The molecule has 0 aliphatic carbocycles. The van der Waals surface area contributed by atoms with Gasteiger partial charge in [-0.2, -0.15) is 0 Å². The molecule has 38 heavy (non-hydrogen) atoms. The minimum absolute atomic E-state index is 0.0667. The van der Waals surface area contributed by atoms with Crippen LogP contribution in [0.5, 0.6) is 0 Å². The van der Waals surface area contributed by atoms with Gasteiger partial charge in [-0.25, -0.2) is 14.8 Å². The van der Waals surface area contributed by atoms with Crippen LogP contribution in [0.1, 0.15) is 6.92 Å². The molecule has 0 radical (unpaired) electrons. The van der Waals surface area contributed by atoms with Crippen LogP contribution in [0.15, 0.2) is 85.1 Å². The van der Waals surface area contributed by atoms with Crippen molar-refractivity contribution in [3.8, 4) is 22.4 Å². The summed E-state index contributed by atoms with van der Waals surface area (Å²) >= 11 is 0. The summed E-state index contributed by atoms with van der Waals surface area (Å²) < 4.78 is 0. The Kier molecular flexibility index (Phi) is 7.56. The lowest BCUT2D eigenvalue weighted by Crippen LogP contribution is -2.48. The molecule has 1 fully saturated rings. The normalized spacial score (nSPS) is 13.0. The Morgan fingerprint density at radius 2 is 1.29 bits per heavy atom. The van der Waals surface area contributed by atoms with E-state index in [1.165, 1.54) is 6.92 Å². The minimum atomic E-state index is -0.107. The summed E-state index contributed by atoms with van der Waals surface area (Å²) in [6, 6.07) is 25.1. The van der Waals surface area contributed by atoms with Crippen molar-refractivity contribution in [3.05, 3.63) is 85.1 Å². The van der Waals surface area contributed by atoms with Crippen LogP contribution in [-0.2, 0) is 4.79 Å². The quantitative estimate of drug-likeness (QED) is 0.294. The van der Waals surface area contributed by atoms with E-state index in [4.69, 9.17) is 0 Å². The smallest absolute Gasteiger partial charge is 0.321 e. The first kappa shape index (κ1) is 24.9. The highest BCUT2D eigenvalue weighted by atomic mass is 16.2. The largest absolute Gasteiger partial charge is 0.326 e. The number of hydrogen-bond acceptors (Lipinski definition) is 6. The number of amides is 3. The van der Waals surface area contributed by atoms with E-state index >= 15 is 0 Å². The van der Waals surface area contributed by atoms with Crippen molar-refractivity contribution in [2.45, 2.75) is 6.92 Å². The standard InChI is InChI=1S/C29H29N7O2/c1-20(37)32-24-12-6-23(7-13-24)27-14-15-31-28(35-27)33-25-8-2-21(3-9-25)22-4-10-26(11-5-22)34-29(38)36-18-16-30-17-19-36/h2-15,30H,16-19H2,1H3,(H,32,37)(H,34,38)(H,31,33,35). The van der Waals surface area contributed by atoms with Gasteiger partial charge in [0.25, 0.3) is 0 Å². The summed E-state index contributed by atoms with van der Waals surface area (Å²) in [6.07, 6.45) is 1.71. The van der Waals surface area contributed by atoms with Gasteiger partial charge in [-0.15, -0.1) is 0 Å². The van der Waals surface area contributed by atoms with Gasteiger partial charge in [0.1, 0.15) is 0 Å². The molecule has 1 aromatic heterocycles. The molecule has 0 bridgehead atoms. The first-order valence-electron chi connectivity index (χ1n) is 12.5. The zero-order valence-corrected chi connectivity index (χ0v) is 21.1. The number of aromatic nitrogens is 2. The summed E-state index contributed by atoms with van der Waals surface area (Å²) in [4.78, 5) is 34.4. The molecule has 1 aliphatic rings. The van der Waals surface area contributed by atoms with Crippen molar-refractivity contribution in [2.24, 2.45) is 0 Å². The van der Waals surface area contributed by atoms with Crippen molar-refractivity contribution < 1.29 is 9.59 Å². The maximum absolute atomic E-state index is 12.4. The molecule has 5 rings (SSSR count). The predicted octanol–water partition coefficient (Wildman–Crippen LogP) is 4.95.